The number of carboxylic acid groups (broad SMARTS) is 1. The largest absolute Gasteiger partial charge is 0.485 e. The van der Waals surface area contributed by atoms with Crippen LogP contribution in [-0.2, 0) is 40.3 Å². The molecule has 0 unspecified atom stereocenters. The number of aromatic nitrogens is 1. The second kappa shape index (κ2) is 12.3. The van der Waals surface area contributed by atoms with Crippen LogP contribution in [0.15, 0.2) is 28.7 Å². The van der Waals surface area contributed by atoms with Crippen LogP contribution in [0.4, 0.5) is 5.13 Å². The van der Waals surface area contributed by atoms with Gasteiger partial charge in [-0.05, 0) is 77.1 Å². The van der Waals surface area contributed by atoms with Crippen molar-refractivity contribution < 1.29 is 46.3 Å². The number of rotatable bonds is 11. The monoisotopic (exact) mass is 708 g/mol. The lowest BCUT2D eigenvalue weighted by Crippen LogP contribution is -2.76. The maximum absolute atomic E-state index is 13.4. The second-order valence-corrected chi connectivity index (χ2v) is 14.8. The van der Waals surface area contributed by atoms with Crippen molar-refractivity contribution in [2.75, 3.05) is 5.73 Å². The van der Waals surface area contributed by atoms with Crippen molar-refractivity contribution in [2.24, 2.45) is 10.9 Å². The highest BCUT2D eigenvalue weighted by molar-refractivity contribution is 7.80. The molecule has 20 heteroatoms. The third-order valence-corrected chi connectivity index (χ3v) is 9.55. The van der Waals surface area contributed by atoms with Gasteiger partial charge in [0.2, 0.25) is 0 Å². The van der Waals surface area contributed by atoms with Gasteiger partial charge in [0.25, 0.3) is 17.4 Å². The van der Waals surface area contributed by atoms with Crippen LogP contribution in [0.1, 0.15) is 63.8 Å². The van der Waals surface area contributed by atoms with Gasteiger partial charge in [0.15, 0.2) is 16.9 Å². The number of thiazole rings is 1. The Hall–Kier alpha value is -4.37. The van der Waals surface area contributed by atoms with E-state index in [0.29, 0.717) is 22.8 Å². The first kappa shape index (κ1) is 35.0. The van der Waals surface area contributed by atoms with Gasteiger partial charge < -0.3 is 36.8 Å². The van der Waals surface area contributed by atoms with Gasteiger partial charge in [-0.25, -0.2) is 9.78 Å². The Bertz CT molecular complexity index is 1800. The van der Waals surface area contributed by atoms with Gasteiger partial charge in [-0.15, -0.1) is 15.6 Å². The van der Waals surface area contributed by atoms with Crippen LogP contribution in [0.5, 0.6) is 5.75 Å². The number of nitrogens with zero attached hydrogens (tertiary/aromatic N) is 3. The number of amides is 2. The highest BCUT2D eigenvalue weighted by atomic mass is 32.3. The van der Waals surface area contributed by atoms with Crippen LogP contribution in [0.2, 0.25) is 0 Å². The average molecular weight is 709 g/mol. The van der Waals surface area contributed by atoms with Crippen LogP contribution in [-0.4, -0.2) is 92.3 Å². The molecule has 3 heterocycles. The number of hydroxylamine groups is 2. The van der Waals surface area contributed by atoms with Crippen LogP contribution < -0.4 is 26.8 Å². The smallest absolute Gasteiger partial charge is 0.418 e. The van der Waals surface area contributed by atoms with Gasteiger partial charge in [0.05, 0.1) is 5.54 Å². The summed E-state index contributed by atoms with van der Waals surface area (Å²) in [6.45, 7) is 5.93. The zero-order valence-corrected chi connectivity index (χ0v) is 28.0. The number of nitrogen functional groups attached to an aromatic ring is 1. The minimum absolute atomic E-state index is 0.0553. The fourth-order valence-electron chi connectivity index (χ4n) is 5.78. The number of ether oxygens (including phenoxy) is 1. The van der Waals surface area contributed by atoms with E-state index < -0.39 is 57.2 Å². The predicted octanol–water partition coefficient (Wildman–Crippen LogP) is 0.318. The van der Waals surface area contributed by atoms with Crippen molar-refractivity contribution in [1.82, 2.24) is 20.7 Å². The zero-order valence-electron chi connectivity index (χ0n) is 26.3. The van der Waals surface area contributed by atoms with Gasteiger partial charge in [-0.3, -0.25) is 19.6 Å². The fourth-order valence-corrected chi connectivity index (χ4v) is 6.79. The molecule has 3 atom stereocenters. The lowest BCUT2D eigenvalue weighted by molar-refractivity contribution is -0.218. The number of carbonyl (C=O) groups is 3. The summed E-state index contributed by atoms with van der Waals surface area (Å²) < 4.78 is 41.7. The Morgan fingerprint density at radius 1 is 1.27 bits per heavy atom. The first-order chi connectivity index (χ1) is 22.2. The first-order valence-corrected chi connectivity index (χ1v) is 16.9. The highest BCUT2D eigenvalue weighted by Crippen LogP contribution is 2.36. The summed E-state index contributed by atoms with van der Waals surface area (Å²) in [7, 11) is -5.03. The topological polar surface area (TPSA) is 282 Å². The van der Waals surface area contributed by atoms with Crippen LogP contribution in [0, 0.1) is 5.41 Å². The van der Waals surface area contributed by atoms with E-state index in [2.05, 4.69) is 25.1 Å². The molecule has 2 fully saturated rings. The molecule has 2 amide bonds. The third kappa shape index (κ3) is 6.92. The molecule has 0 radical (unpaired) electrons. The molecule has 1 aromatic carbocycles. The standard InChI is InChI=1S/C28H36N8O10S2/c1-26(2)20(23(38)36(26)46-48(41,42)43)34-22(37)19(16-12-47-25(30)33-16)35-45-28(4,24(39)40)18-8-6-13-9-14(5-7-17(13)44-18)21(29)32-15-10-27(3,31)11-15/h5,7,9,12,15,18,20H,6,8,10-11,31H2,1-4H3,(H2,29,32)(H2,30,33)(H,34,37)(H,39,40)(H,41,42,43)/b35-19-/t15-,18-,20-,27-,28+/m1/s1. The quantitative estimate of drug-likeness (QED) is 0.0544. The Morgan fingerprint density at radius 3 is 2.52 bits per heavy atom. The molecule has 0 spiro atoms. The summed E-state index contributed by atoms with van der Waals surface area (Å²) in [6, 6.07) is 3.91. The molecule has 2 aliphatic heterocycles. The van der Waals surface area contributed by atoms with Crippen LogP contribution in [0.25, 0.3) is 0 Å². The number of amidine groups is 1. The number of hydrogen-bond donors (Lipinski definition) is 7. The van der Waals surface area contributed by atoms with Crippen molar-refractivity contribution in [2.45, 2.75) is 88.2 Å². The van der Waals surface area contributed by atoms with Gasteiger partial charge >= 0.3 is 16.4 Å². The third-order valence-electron chi connectivity index (χ3n) is 8.53. The number of carboxylic acids is 1. The average Bonchev–Trinajstić information content (AvgIpc) is 3.41. The summed E-state index contributed by atoms with van der Waals surface area (Å²) in [6.07, 6.45) is 1.00. The lowest BCUT2D eigenvalue weighted by atomic mass is 9.75. The summed E-state index contributed by atoms with van der Waals surface area (Å²) in [4.78, 5) is 48.2. The number of nitrogens with two attached hydrogens (primary N) is 2. The number of aliphatic carboxylic acids is 1. The van der Waals surface area contributed by atoms with E-state index in [-0.39, 0.29) is 34.7 Å². The summed E-state index contributed by atoms with van der Waals surface area (Å²) in [5.41, 5.74) is 8.82. The Kier molecular flexibility index (Phi) is 8.93. The molecular formula is C28H36N8O10S2. The van der Waals surface area contributed by atoms with Gasteiger partial charge in [-0.2, -0.15) is 13.5 Å². The number of oxime groups is 1. The second-order valence-electron chi connectivity index (χ2n) is 13.0. The molecule has 18 nitrogen and oxygen atoms in total. The Balaban J connectivity index is 1.33. The van der Waals surface area contributed by atoms with Crippen molar-refractivity contribution in [3.05, 3.63) is 40.4 Å². The van der Waals surface area contributed by atoms with E-state index >= 15 is 0 Å². The van der Waals surface area contributed by atoms with Gasteiger partial charge in [0.1, 0.15) is 23.3 Å². The maximum atomic E-state index is 13.4. The number of anilines is 1. The molecule has 3 aliphatic rings. The number of hydrogen-bond acceptors (Lipinski definition) is 14. The van der Waals surface area contributed by atoms with Crippen molar-refractivity contribution in [3.8, 4) is 5.75 Å². The van der Waals surface area contributed by atoms with Crippen LogP contribution in [0.3, 0.4) is 0 Å². The molecule has 1 saturated carbocycles. The molecule has 9 N–H and O–H groups in total. The van der Waals surface area contributed by atoms with Gasteiger partial charge in [0, 0.05) is 22.5 Å². The predicted molar refractivity (Wildman–Crippen MR) is 170 cm³/mol. The van der Waals surface area contributed by atoms with E-state index in [0.717, 1.165) is 29.7 Å². The molecule has 5 rings (SSSR count). The lowest BCUT2D eigenvalue weighted by Gasteiger charge is -2.50. The molecular weight excluding hydrogens is 672 g/mol. The van der Waals surface area contributed by atoms with Gasteiger partial charge in [-0.1, -0.05) is 5.16 Å². The van der Waals surface area contributed by atoms with Crippen molar-refractivity contribution in [3.63, 3.8) is 0 Å². The number of benzene rings is 1. The molecule has 0 bridgehead atoms. The zero-order chi connectivity index (χ0) is 35.4. The minimum atomic E-state index is -5.03. The molecule has 2 aromatic rings. The summed E-state index contributed by atoms with van der Waals surface area (Å²) >= 11 is 0.961. The molecule has 260 valence electrons. The minimum Gasteiger partial charge on any atom is -0.485 e. The SMILES string of the molecule is CC1(C)[C@H](NC(=O)/C(=N\O[C@](C)(C(=O)O)[C@H]2CCc3cc(C(=N)N[C@H]4C[C@](C)(N)C4)ccc3O2)c2csc(N)n2)C(=O)N1OS(=O)(=O)O. The van der Waals surface area contributed by atoms with Crippen LogP contribution >= 0.6 is 11.3 Å². The number of nitrogens with one attached hydrogen (secondary N) is 3. The number of β-lactam (4-membered cyclic amide) rings is 1. The Labute approximate surface area is 279 Å². The van der Waals surface area contributed by atoms with Crippen molar-refractivity contribution >= 4 is 56.2 Å². The van der Waals surface area contributed by atoms with E-state index in [4.69, 9.17) is 31.0 Å². The number of carbonyl (C=O) groups excluding carboxylic acids is 2. The van der Waals surface area contributed by atoms with E-state index in [1.54, 1.807) is 18.2 Å². The molecule has 48 heavy (non-hydrogen) atoms. The highest BCUT2D eigenvalue weighted by Gasteiger charge is 2.58. The first-order valence-electron chi connectivity index (χ1n) is 14.7. The maximum Gasteiger partial charge on any atom is 0.418 e. The summed E-state index contributed by atoms with van der Waals surface area (Å²) in [5.74, 6) is -2.83. The van der Waals surface area contributed by atoms with Crippen molar-refractivity contribution in [1.29, 1.82) is 5.41 Å². The molecule has 1 saturated heterocycles. The molecule has 1 aromatic heterocycles. The fraction of sp³-hybridized carbons (Fsp3) is 0.500. The normalized spacial score (nSPS) is 26.1. The summed E-state index contributed by atoms with van der Waals surface area (Å²) in [5, 5.41) is 30.0. The van der Waals surface area contributed by atoms with E-state index in [1.807, 2.05) is 6.92 Å². The molecule has 1 aliphatic carbocycles. The Morgan fingerprint density at radius 2 is 1.96 bits per heavy atom. The van der Waals surface area contributed by atoms with E-state index in [1.165, 1.54) is 26.2 Å². The van der Waals surface area contributed by atoms with E-state index in [9.17, 15) is 27.9 Å². The number of fused-ring (bicyclic) bond motifs is 1. The number of aryl methyl sites for hydroxylation is 1.